The number of rotatable bonds is 6. The highest BCUT2D eigenvalue weighted by Crippen LogP contribution is 2.47. The standard InChI is InChI=1S/C18H17BrF2N2O2/c1-2-25-18(24)13-6-12(13)17-4-3-11(9-23-17)22-8-10-5-14(19)16(21)7-15(10)20/h3-5,7,9,12-13,22H,2,6,8H2,1H3. The molecular weight excluding hydrogens is 394 g/mol. The maximum absolute atomic E-state index is 13.7. The lowest BCUT2D eigenvalue weighted by Gasteiger charge is -2.09. The third-order valence-corrected chi connectivity index (χ3v) is 4.73. The van der Waals surface area contributed by atoms with E-state index in [1.807, 2.05) is 12.1 Å². The molecule has 0 radical (unpaired) electrons. The Balaban J connectivity index is 1.59. The lowest BCUT2D eigenvalue weighted by Crippen LogP contribution is -2.07. The smallest absolute Gasteiger partial charge is 0.309 e. The number of halogens is 3. The van der Waals surface area contributed by atoms with Crippen LogP contribution < -0.4 is 5.32 Å². The fraction of sp³-hybridized carbons (Fsp3) is 0.333. The lowest BCUT2D eigenvalue weighted by atomic mass is 10.2. The summed E-state index contributed by atoms with van der Waals surface area (Å²) in [5.74, 6) is -1.40. The molecule has 3 rings (SSSR count). The molecule has 1 aliphatic carbocycles. The van der Waals surface area contributed by atoms with Gasteiger partial charge in [0.1, 0.15) is 11.6 Å². The van der Waals surface area contributed by atoms with Gasteiger partial charge in [0.05, 0.1) is 28.9 Å². The van der Waals surface area contributed by atoms with Crippen molar-refractivity contribution in [3.8, 4) is 0 Å². The first-order valence-electron chi connectivity index (χ1n) is 7.99. The molecule has 0 aliphatic heterocycles. The Kier molecular flexibility index (Phi) is 5.32. The van der Waals surface area contributed by atoms with E-state index in [1.54, 1.807) is 13.1 Å². The Hall–Kier alpha value is -2.02. The van der Waals surface area contributed by atoms with Crippen molar-refractivity contribution in [3.63, 3.8) is 0 Å². The molecule has 2 aromatic rings. The van der Waals surface area contributed by atoms with Gasteiger partial charge in [-0.1, -0.05) is 0 Å². The van der Waals surface area contributed by atoms with Gasteiger partial charge >= 0.3 is 5.97 Å². The molecule has 2 unspecified atom stereocenters. The monoisotopic (exact) mass is 410 g/mol. The van der Waals surface area contributed by atoms with Gasteiger partial charge < -0.3 is 10.1 Å². The van der Waals surface area contributed by atoms with Crippen molar-refractivity contribution in [3.05, 3.63) is 57.8 Å². The molecule has 0 bridgehead atoms. The number of pyridine rings is 1. The van der Waals surface area contributed by atoms with E-state index >= 15 is 0 Å². The van der Waals surface area contributed by atoms with E-state index in [9.17, 15) is 13.6 Å². The van der Waals surface area contributed by atoms with E-state index < -0.39 is 11.6 Å². The molecule has 7 heteroatoms. The molecule has 1 N–H and O–H groups in total. The predicted octanol–water partition coefficient (Wildman–Crippen LogP) is 4.40. The van der Waals surface area contributed by atoms with Gasteiger partial charge in [0, 0.05) is 29.8 Å². The highest BCUT2D eigenvalue weighted by molar-refractivity contribution is 9.10. The summed E-state index contributed by atoms with van der Waals surface area (Å²) in [6, 6.07) is 5.95. The molecule has 0 amide bonds. The first-order valence-corrected chi connectivity index (χ1v) is 8.78. The predicted molar refractivity (Wildman–Crippen MR) is 93.1 cm³/mol. The van der Waals surface area contributed by atoms with Crippen molar-refractivity contribution >= 4 is 27.6 Å². The van der Waals surface area contributed by atoms with Crippen LogP contribution >= 0.6 is 15.9 Å². The number of ether oxygens (including phenoxy) is 1. The summed E-state index contributed by atoms with van der Waals surface area (Å²) in [6.07, 6.45) is 2.40. The normalized spacial score (nSPS) is 18.7. The molecule has 0 spiro atoms. The summed E-state index contributed by atoms with van der Waals surface area (Å²) >= 11 is 3.05. The minimum atomic E-state index is -0.632. The largest absolute Gasteiger partial charge is 0.466 e. The Morgan fingerprint density at radius 1 is 1.36 bits per heavy atom. The fourth-order valence-electron chi connectivity index (χ4n) is 2.66. The first-order chi connectivity index (χ1) is 12.0. The highest BCUT2D eigenvalue weighted by Gasteiger charge is 2.46. The van der Waals surface area contributed by atoms with Crippen LogP contribution in [-0.2, 0) is 16.1 Å². The summed E-state index contributed by atoms with van der Waals surface area (Å²) in [7, 11) is 0. The van der Waals surface area contributed by atoms with Crippen LogP contribution in [0, 0.1) is 17.6 Å². The second kappa shape index (κ2) is 7.47. The summed E-state index contributed by atoms with van der Waals surface area (Å²) in [5, 5.41) is 3.05. The zero-order valence-corrected chi connectivity index (χ0v) is 15.1. The molecule has 0 saturated heterocycles. The van der Waals surface area contributed by atoms with Gasteiger partial charge in [-0.3, -0.25) is 9.78 Å². The number of benzene rings is 1. The summed E-state index contributed by atoms with van der Waals surface area (Å²) in [5.41, 5.74) is 1.91. The first kappa shape index (κ1) is 17.8. The van der Waals surface area contributed by atoms with Crippen molar-refractivity contribution in [2.24, 2.45) is 5.92 Å². The van der Waals surface area contributed by atoms with E-state index in [1.165, 1.54) is 6.07 Å². The molecule has 1 saturated carbocycles. The number of anilines is 1. The van der Waals surface area contributed by atoms with Crippen LogP contribution in [0.1, 0.15) is 30.5 Å². The van der Waals surface area contributed by atoms with E-state index in [-0.39, 0.29) is 28.8 Å². The maximum Gasteiger partial charge on any atom is 0.309 e. The minimum absolute atomic E-state index is 0.100. The van der Waals surface area contributed by atoms with Gasteiger partial charge in [0.2, 0.25) is 0 Å². The number of hydrogen-bond acceptors (Lipinski definition) is 4. The average molecular weight is 411 g/mol. The molecule has 1 aromatic heterocycles. The van der Waals surface area contributed by atoms with E-state index in [0.29, 0.717) is 12.2 Å². The van der Waals surface area contributed by atoms with Gasteiger partial charge in [-0.2, -0.15) is 0 Å². The average Bonchev–Trinajstić information content (AvgIpc) is 3.38. The molecule has 132 valence electrons. The van der Waals surface area contributed by atoms with Gasteiger partial charge in [-0.15, -0.1) is 0 Å². The van der Waals surface area contributed by atoms with Gasteiger partial charge in [-0.25, -0.2) is 8.78 Å². The van der Waals surface area contributed by atoms with E-state index in [4.69, 9.17) is 4.74 Å². The zero-order chi connectivity index (χ0) is 18.0. The number of esters is 1. The van der Waals surface area contributed by atoms with Gasteiger partial charge in [0.15, 0.2) is 0 Å². The molecule has 1 aromatic carbocycles. The Labute approximate surface area is 152 Å². The van der Waals surface area contributed by atoms with Crippen LogP contribution in [0.15, 0.2) is 34.9 Å². The lowest BCUT2D eigenvalue weighted by molar-refractivity contribution is -0.144. The highest BCUT2D eigenvalue weighted by atomic mass is 79.9. The number of aromatic nitrogens is 1. The molecule has 4 nitrogen and oxygen atoms in total. The number of hydrogen-bond donors (Lipinski definition) is 1. The number of nitrogens with one attached hydrogen (secondary N) is 1. The van der Waals surface area contributed by atoms with Gasteiger partial charge in [0.25, 0.3) is 0 Å². The molecule has 1 aliphatic rings. The summed E-state index contributed by atoms with van der Waals surface area (Å²) in [4.78, 5) is 16.0. The molecule has 25 heavy (non-hydrogen) atoms. The Morgan fingerprint density at radius 3 is 2.84 bits per heavy atom. The number of nitrogens with zero attached hydrogens (tertiary/aromatic N) is 1. The van der Waals surface area contributed by atoms with Crippen molar-refractivity contribution in [2.75, 3.05) is 11.9 Å². The summed E-state index contributed by atoms with van der Waals surface area (Å²) < 4.78 is 32.2. The summed E-state index contributed by atoms with van der Waals surface area (Å²) in [6.45, 7) is 2.38. The van der Waals surface area contributed by atoms with Crippen LogP contribution in [0.2, 0.25) is 0 Å². The third kappa shape index (κ3) is 4.15. The van der Waals surface area contributed by atoms with Crippen molar-refractivity contribution in [1.29, 1.82) is 0 Å². The topological polar surface area (TPSA) is 51.2 Å². The van der Waals surface area contributed by atoms with Crippen LogP contribution in [0.25, 0.3) is 0 Å². The molecular formula is C18H17BrF2N2O2. The van der Waals surface area contributed by atoms with E-state index in [0.717, 1.165) is 23.9 Å². The zero-order valence-electron chi connectivity index (χ0n) is 13.6. The Morgan fingerprint density at radius 2 is 2.16 bits per heavy atom. The SMILES string of the molecule is CCOC(=O)C1CC1c1ccc(NCc2cc(Br)c(F)cc2F)cn1. The third-order valence-electron chi connectivity index (χ3n) is 4.12. The van der Waals surface area contributed by atoms with Crippen molar-refractivity contribution in [2.45, 2.75) is 25.8 Å². The number of carbonyl (C=O) groups is 1. The fourth-order valence-corrected chi connectivity index (χ4v) is 3.05. The second-order valence-corrected chi connectivity index (χ2v) is 6.74. The number of carbonyl (C=O) groups excluding carboxylic acids is 1. The minimum Gasteiger partial charge on any atom is -0.466 e. The maximum atomic E-state index is 13.7. The van der Waals surface area contributed by atoms with Crippen LogP contribution in [0.3, 0.4) is 0 Å². The van der Waals surface area contributed by atoms with Crippen molar-refractivity contribution in [1.82, 2.24) is 4.98 Å². The molecule has 1 heterocycles. The van der Waals surface area contributed by atoms with Crippen LogP contribution in [-0.4, -0.2) is 17.6 Å². The van der Waals surface area contributed by atoms with Gasteiger partial charge in [-0.05, 0) is 47.5 Å². The second-order valence-electron chi connectivity index (χ2n) is 5.88. The molecule has 2 atom stereocenters. The van der Waals surface area contributed by atoms with Crippen LogP contribution in [0.4, 0.5) is 14.5 Å². The van der Waals surface area contributed by atoms with E-state index in [2.05, 4.69) is 26.2 Å². The quantitative estimate of drug-likeness (QED) is 0.566. The molecule has 1 fully saturated rings. The van der Waals surface area contributed by atoms with Crippen molar-refractivity contribution < 1.29 is 18.3 Å². The van der Waals surface area contributed by atoms with Crippen LogP contribution in [0.5, 0.6) is 0 Å². The Bertz CT molecular complexity index is 783.